The van der Waals surface area contributed by atoms with Crippen LogP contribution in [0.15, 0.2) is 51.7 Å². The first-order chi connectivity index (χ1) is 13.4. The van der Waals surface area contributed by atoms with Crippen molar-refractivity contribution >= 4 is 22.7 Å². The van der Waals surface area contributed by atoms with Crippen LogP contribution in [0, 0.1) is 17.0 Å². The van der Waals surface area contributed by atoms with Crippen molar-refractivity contribution in [2.75, 3.05) is 6.54 Å². The van der Waals surface area contributed by atoms with Crippen molar-refractivity contribution in [3.8, 4) is 0 Å². The molecule has 0 saturated heterocycles. The summed E-state index contributed by atoms with van der Waals surface area (Å²) in [4.78, 5) is 37.1. The molecule has 0 saturated carbocycles. The van der Waals surface area contributed by atoms with E-state index >= 15 is 0 Å². The van der Waals surface area contributed by atoms with Crippen LogP contribution in [0.3, 0.4) is 0 Å². The van der Waals surface area contributed by atoms with Gasteiger partial charge < -0.3 is 9.32 Å². The van der Waals surface area contributed by atoms with Crippen LogP contribution in [0.1, 0.15) is 24.5 Å². The van der Waals surface area contributed by atoms with E-state index < -0.39 is 10.7 Å². The van der Waals surface area contributed by atoms with Gasteiger partial charge in [0.25, 0.3) is 5.69 Å². The van der Waals surface area contributed by atoms with E-state index in [-0.39, 0.29) is 23.7 Å². The number of rotatable bonds is 7. The lowest BCUT2D eigenvalue weighted by Crippen LogP contribution is -2.35. The molecule has 0 atom stereocenters. The minimum Gasteiger partial charge on any atom is -0.407 e. The quantitative estimate of drug-likeness (QED) is 0.461. The minimum atomic E-state index is -0.712. The molecule has 0 aliphatic heterocycles. The van der Waals surface area contributed by atoms with Gasteiger partial charge >= 0.3 is 5.76 Å². The summed E-state index contributed by atoms with van der Waals surface area (Å²) in [7, 11) is 0. The number of carbonyl (C=O) groups excluding carboxylic acids is 1. The van der Waals surface area contributed by atoms with Gasteiger partial charge in [0.1, 0.15) is 6.54 Å². The largest absolute Gasteiger partial charge is 0.420 e. The van der Waals surface area contributed by atoms with Gasteiger partial charge in [-0.3, -0.25) is 19.5 Å². The second-order valence-corrected chi connectivity index (χ2v) is 6.66. The third-order valence-corrected chi connectivity index (χ3v) is 4.50. The maximum absolute atomic E-state index is 12.9. The lowest BCUT2D eigenvalue weighted by molar-refractivity contribution is -0.384. The zero-order valence-electron chi connectivity index (χ0n) is 15.8. The number of fused-ring (bicyclic) bond motifs is 1. The average molecular weight is 383 g/mol. The van der Waals surface area contributed by atoms with Crippen molar-refractivity contribution in [2.24, 2.45) is 0 Å². The summed E-state index contributed by atoms with van der Waals surface area (Å²) in [5, 5.41) is 10.9. The molecule has 3 aromatic rings. The number of nitrogens with zero attached hydrogens (tertiary/aromatic N) is 3. The first kappa shape index (κ1) is 19.3. The fourth-order valence-electron chi connectivity index (χ4n) is 3.03. The fraction of sp³-hybridized carbons (Fsp3) is 0.300. The predicted octanol–water partition coefficient (Wildman–Crippen LogP) is 3.25. The molecule has 28 heavy (non-hydrogen) atoms. The van der Waals surface area contributed by atoms with E-state index in [0.717, 1.165) is 17.5 Å². The Morgan fingerprint density at radius 3 is 2.57 bits per heavy atom. The second-order valence-electron chi connectivity index (χ2n) is 6.66. The smallest absolute Gasteiger partial charge is 0.407 e. The molecule has 3 rings (SSSR count). The van der Waals surface area contributed by atoms with Gasteiger partial charge in [0, 0.05) is 19.2 Å². The molecule has 1 heterocycles. The summed E-state index contributed by atoms with van der Waals surface area (Å²) in [6, 6.07) is 11.8. The van der Waals surface area contributed by atoms with Crippen molar-refractivity contribution in [3.63, 3.8) is 0 Å². The Kier molecular flexibility index (Phi) is 5.58. The lowest BCUT2D eigenvalue weighted by atomic mass is 10.1. The summed E-state index contributed by atoms with van der Waals surface area (Å²) in [6.07, 6.45) is 0.783. The fourth-order valence-corrected chi connectivity index (χ4v) is 3.03. The maximum atomic E-state index is 12.9. The zero-order chi connectivity index (χ0) is 20.3. The molecule has 0 unspecified atom stereocenters. The molecule has 146 valence electrons. The Hall–Kier alpha value is -3.42. The number of nitro benzene ring substituents is 1. The number of nitro groups is 1. The highest BCUT2D eigenvalue weighted by Gasteiger charge is 2.19. The lowest BCUT2D eigenvalue weighted by Gasteiger charge is -2.22. The van der Waals surface area contributed by atoms with Crippen molar-refractivity contribution in [1.29, 1.82) is 0 Å². The van der Waals surface area contributed by atoms with Gasteiger partial charge in [-0.1, -0.05) is 36.8 Å². The molecule has 0 radical (unpaired) electrons. The standard InChI is InChI=1S/C20H21N3O5/c1-3-10-21(12-15-6-4-14(2)5-7-15)19(24)13-22-17-9-8-16(23(26)27)11-18(17)28-20(22)25/h4-9,11H,3,10,12-13H2,1-2H3. The molecule has 0 bridgehead atoms. The van der Waals surface area contributed by atoms with Crippen LogP contribution >= 0.6 is 0 Å². The van der Waals surface area contributed by atoms with Gasteiger partial charge in [-0.2, -0.15) is 0 Å². The highest BCUT2D eigenvalue weighted by atomic mass is 16.6. The van der Waals surface area contributed by atoms with Gasteiger partial charge in [-0.15, -0.1) is 0 Å². The Bertz CT molecular complexity index is 1070. The van der Waals surface area contributed by atoms with Gasteiger partial charge in [0.2, 0.25) is 5.91 Å². The van der Waals surface area contributed by atoms with Gasteiger partial charge in [0.15, 0.2) is 5.58 Å². The van der Waals surface area contributed by atoms with Crippen LogP contribution in [0.25, 0.3) is 11.1 Å². The number of oxazole rings is 1. The molecule has 8 nitrogen and oxygen atoms in total. The number of non-ortho nitro benzene ring substituents is 1. The third-order valence-electron chi connectivity index (χ3n) is 4.50. The molecular weight excluding hydrogens is 362 g/mol. The monoisotopic (exact) mass is 383 g/mol. The molecule has 2 aromatic carbocycles. The van der Waals surface area contributed by atoms with Crippen LogP contribution in [0.4, 0.5) is 5.69 Å². The first-order valence-electron chi connectivity index (χ1n) is 9.00. The number of hydrogen-bond acceptors (Lipinski definition) is 5. The first-order valence-corrected chi connectivity index (χ1v) is 9.00. The number of benzene rings is 2. The Morgan fingerprint density at radius 1 is 1.21 bits per heavy atom. The summed E-state index contributed by atoms with van der Waals surface area (Å²) in [6.45, 7) is 4.80. The number of aryl methyl sites for hydroxylation is 1. The highest BCUT2D eigenvalue weighted by Crippen LogP contribution is 2.20. The Morgan fingerprint density at radius 2 is 1.93 bits per heavy atom. The summed E-state index contributed by atoms with van der Waals surface area (Å²) >= 11 is 0. The average Bonchev–Trinajstić information content (AvgIpc) is 2.97. The maximum Gasteiger partial charge on any atom is 0.420 e. The van der Waals surface area contributed by atoms with E-state index in [1.54, 1.807) is 4.90 Å². The van der Waals surface area contributed by atoms with Crippen molar-refractivity contribution < 1.29 is 14.1 Å². The van der Waals surface area contributed by atoms with Crippen LogP contribution in [-0.4, -0.2) is 26.8 Å². The highest BCUT2D eigenvalue weighted by molar-refractivity contribution is 5.80. The molecule has 0 fully saturated rings. The molecule has 0 N–H and O–H groups in total. The SMILES string of the molecule is CCCN(Cc1ccc(C)cc1)C(=O)Cn1c(=O)oc2cc([N+](=O)[O-])ccc21. The number of amides is 1. The van der Waals surface area contributed by atoms with Crippen LogP contribution in [0.5, 0.6) is 0 Å². The molecule has 0 aliphatic carbocycles. The van der Waals surface area contributed by atoms with Gasteiger partial charge in [0.05, 0.1) is 16.5 Å². The van der Waals surface area contributed by atoms with E-state index in [4.69, 9.17) is 4.42 Å². The Balaban J connectivity index is 1.85. The van der Waals surface area contributed by atoms with E-state index in [0.29, 0.717) is 18.6 Å². The van der Waals surface area contributed by atoms with Gasteiger partial charge in [-0.05, 0) is 25.0 Å². The normalized spacial score (nSPS) is 10.9. The number of aromatic nitrogens is 1. The molecule has 0 aliphatic rings. The van der Waals surface area contributed by atoms with Crippen LogP contribution in [-0.2, 0) is 17.9 Å². The summed E-state index contributed by atoms with van der Waals surface area (Å²) < 4.78 is 6.30. The Labute approximate surface area is 161 Å². The van der Waals surface area contributed by atoms with E-state index in [9.17, 15) is 19.7 Å². The summed E-state index contributed by atoms with van der Waals surface area (Å²) in [5.41, 5.74) is 2.42. The zero-order valence-corrected chi connectivity index (χ0v) is 15.8. The number of carbonyl (C=O) groups is 1. The topological polar surface area (TPSA) is 98.6 Å². The predicted molar refractivity (Wildman–Crippen MR) is 104 cm³/mol. The molecular formula is C20H21N3O5. The van der Waals surface area contributed by atoms with Crippen LogP contribution in [0.2, 0.25) is 0 Å². The molecule has 1 amide bonds. The number of hydrogen-bond donors (Lipinski definition) is 0. The third kappa shape index (κ3) is 4.11. The van der Waals surface area contributed by atoms with E-state index in [1.807, 2.05) is 38.1 Å². The summed E-state index contributed by atoms with van der Waals surface area (Å²) in [5.74, 6) is -0.929. The molecule has 0 spiro atoms. The second kappa shape index (κ2) is 8.08. The molecule has 1 aromatic heterocycles. The van der Waals surface area contributed by atoms with Crippen molar-refractivity contribution in [3.05, 3.63) is 74.3 Å². The minimum absolute atomic E-state index is 0.0903. The van der Waals surface area contributed by atoms with Gasteiger partial charge in [-0.25, -0.2) is 4.79 Å². The van der Waals surface area contributed by atoms with Crippen LogP contribution < -0.4 is 5.76 Å². The van der Waals surface area contributed by atoms with E-state index in [1.165, 1.54) is 22.8 Å². The molecule has 8 heteroatoms. The van der Waals surface area contributed by atoms with Crippen molar-refractivity contribution in [2.45, 2.75) is 33.4 Å². The van der Waals surface area contributed by atoms with E-state index in [2.05, 4.69) is 0 Å². The van der Waals surface area contributed by atoms with Crippen molar-refractivity contribution in [1.82, 2.24) is 9.47 Å².